The first-order chi connectivity index (χ1) is 12.8. The van der Waals surface area contributed by atoms with Crippen molar-refractivity contribution in [3.8, 4) is 11.1 Å². The highest BCUT2D eigenvalue weighted by molar-refractivity contribution is 8.93. The Labute approximate surface area is 170 Å². The Hall–Kier alpha value is -1.95. The summed E-state index contributed by atoms with van der Waals surface area (Å²) in [5.41, 5.74) is 2.36. The summed E-state index contributed by atoms with van der Waals surface area (Å²) in [4.78, 5) is 15.3. The lowest BCUT2D eigenvalue weighted by atomic mass is 10.0. The monoisotopic (exact) mass is 428 g/mol. The number of benzene rings is 2. The van der Waals surface area contributed by atoms with Crippen LogP contribution in [0.3, 0.4) is 0 Å². The van der Waals surface area contributed by atoms with Gasteiger partial charge in [-0.1, -0.05) is 48.5 Å². The Bertz CT molecular complexity index is 934. The molecule has 4 rings (SSSR count). The summed E-state index contributed by atoms with van der Waals surface area (Å²) < 4.78 is 7.28. The third-order valence-electron chi connectivity index (χ3n) is 5.06. The lowest BCUT2D eigenvalue weighted by molar-refractivity contribution is 0.0369. The lowest BCUT2D eigenvalue weighted by Crippen LogP contribution is -2.37. The highest BCUT2D eigenvalue weighted by Gasteiger charge is 2.12. The maximum Gasteiger partial charge on any atom is 0.258 e. The molecule has 1 aliphatic heterocycles. The van der Waals surface area contributed by atoms with Crippen molar-refractivity contribution in [2.24, 2.45) is 0 Å². The summed E-state index contributed by atoms with van der Waals surface area (Å²) in [6.07, 6.45) is 2.99. The van der Waals surface area contributed by atoms with Crippen molar-refractivity contribution in [1.29, 1.82) is 0 Å². The van der Waals surface area contributed by atoms with Crippen molar-refractivity contribution in [2.75, 3.05) is 32.8 Å². The van der Waals surface area contributed by atoms with Crippen molar-refractivity contribution < 1.29 is 4.74 Å². The fourth-order valence-electron chi connectivity index (χ4n) is 3.65. The Morgan fingerprint density at radius 3 is 2.26 bits per heavy atom. The fraction of sp³-hybridized carbons (Fsp3) is 0.318. The van der Waals surface area contributed by atoms with Crippen LogP contribution in [-0.4, -0.2) is 42.3 Å². The molecule has 2 aromatic carbocycles. The van der Waals surface area contributed by atoms with Gasteiger partial charge in [0.05, 0.1) is 13.2 Å². The van der Waals surface area contributed by atoms with E-state index >= 15 is 0 Å². The molecule has 0 atom stereocenters. The molecule has 1 fully saturated rings. The molecule has 2 heterocycles. The number of aromatic nitrogens is 1. The lowest BCUT2D eigenvalue weighted by Gasteiger charge is -2.26. The molecule has 0 aliphatic carbocycles. The minimum Gasteiger partial charge on any atom is -0.379 e. The van der Waals surface area contributed by atoms with Crippen LogP contribution in [0, 0.1) is 0 Å². The number of hydrogen-bond donors (Lipinski definition) is 0. The van der Waals surface area contributed by atoms with Gasteiger partial charge in [0.15, 0.2) is 0 Å². The number of hydrogen-bond acceptors (Lipinski definition) is 3. The van der Waals surface area contributed by atoms with E-state index in [1.165, 1.54) is 0 Å². The van der Waals surface area contributed by atoms with Gasteiger partial charge in [0.1, 0.15) is 0 Å². The Morgan fingerprint density at radius 2 is 1.52 bits per heavy atom. The average molecular weight is 429 g/mol. The molecule has 1 saturated heterocycles. The largest absolute Gasteiger partial charge is 0.379 e. The maximum absolute atomic E-state index is 12.9. The van der Waals surface area contributed by atoms with Gasteiger partial charge in [0.25, 0.3) is 5.56 Å². The van der Waals surface area contributed by atoms with Gasteiger partial charge in [-0.3, -0.25) is 9.69 Å². The number of nitrogens with zero attached hydrogens (tertiary/aromatic N) is 2. The van der Waals surface area contributed by atoms with Crippen LogP contribution in [0.1, 0.15) is 6.42 Å². The molecule has 0 saturated carbocycles. The first-order valence-corrected chi connectivity index (χ1v) is 9.30. The minimum atomic E-state index is 0. The molecule has 142 valence electrons. The highest BCUT2D eigenvalue weighted by Crippen LogP contribution is 2.26. The first-order valence-electron chi connectivity index (χ1n) is 9.30. The van der Waals surface area contributed by atoms with Crippen LogP contribution in [0.25, 0.3) is 21.9 Å². The second-order valence-electron chi connectivity index (χ2n) is 6.76. The number of morpholine rings is 1. The summed E-state index contributed by atoms with van der Waals surface area (Å²) in [6, 6.07) is 18.2. The SMILES string of the molecule is Br.O=c1c2ccccc2c(-c2ccccc2)cn1CCCN1CCOCC1. The van der Waals surface area contributed by atoms with Crippen LogP contribution in [-0.2, 0) is 11.3 Å². The molecule has 0 unspecified atom stereocenters. The number of aryl methyl sites for hydroxylation is 1. The molecule has 0 spiro atoms. The van der Waals surface area contributed by atoms with Gasteiger partial charge in [-0.05, 0) is 23.4 Å². The zero-order valence-corrected chi connectivity index (χ0v) is 17.1. The van der Waals surface area contributed by atoms with Gasteiger partial charge in [-0.2, -0.15) is 0 Å². The fourth-order valence-corrected chi connectivity index (χ4v) is 3.65. The van der Waals surface area contributed by atoms with Gasteiger partial charge in [-0.25, -0.2) is 0 Å². The van der Waals surface area contributed by atoms with E-state index in [-0.39, 0.29) is 22.5 Å². The second-order valence-corrected chi connectivity index (χ2v) is 6.76. The summed E-state index contributed by atoms with van der Waals surface area (Å²) in [6.45, 7) is 5.34. The molecule has 1 aromatic heterocycles. The Morgan fingerprint density at radius 1 is 0.852 bits per heavy atom. The Balaban J connectivity index is 0.00000210. The van der Waals surface area contributed by atoms with Gasteiger partial charge in [0, 0.05) is 43.3 Å². The first kappa shape index (κ1) is 19.8. The molecule has 3 aromatic rings. The van der Waals surface area contributed by atoms with E-state index in [4.69, 9.17) is 4.74 Å². The van der Waals surface area contributed by atoms with E-state index in [2.05, 4.69) is 17.0 Å². The van der Waals surface area contributed by atoms with E-state index in [9.17, 15) is 4.79 Å². The maximum atomic E-state index is 12.9. The van der Waals surface area contributed by atoms with Crippen LogP contribution in [0.4, 0.5) is 0 Å². The molecular weight excluding hydrogens is 404 g/mol. The molecule has 27 heavy (non-hydrogen) atoms. The zero-order valence-electron chi connectivity index (χ0n) is 15.3. The molecule has 0 amide bonds. The molecule has 4 nitrogen and oxygen atoms in total. The van der Waals surface area contributed by atoms with Gasteiger partial charge in [-0.15, -0.1) is 17.0 Å². The number of fused-ring (bicyclic) bond motifs is 1. The summed E-state index contributed by atoms with van der Waals surface area (Å²) >= 11 is 0. The molecule has 0 N–H and O–H groups in total. The third-order valence-corrected chi connectivity index (χ3v) is 5.06. The average Bonchev–Trinajstić information content (AvgIpc) is 2.71. The van der Waals surface area contributed by atoms with E-state index in [1.807, 2.05) is 53.2 Å². The van der Waals surface area contributed by atoms with Crippen molar-refractivity contribution in [2.45, 2.75) is 13.0 Å². The van der Waals surface area contributed by atoms with E-state index in [1.54, 1.807) is 0 Å². The number of pyridine rings is 1. The molecule has 5 heteroatoms. The predicted molar refractivity (Wildman–Crippen MR) is 116 cm³/mol. The Kier molecular flexibility index (Phi) is 6.83. The summed E-state index contributed by atoms with van der Waals surface area (Å²) in [5.74, 6) is 0. The second kappa shape index (κ2) is 9.31. The van der Waals surface area contributed by atoms with Crippen molar-refractivity contribution in [3.05, 3.63) is 71.1 Å². The van der Waals surface area contributed by atoms with E-state index in [0.29, 0.717) is 0 Å². The number of halogens is 1. The van der Waals surface area contributed by atoms with Crippen molar-refractivity contribution in [1.82, 2.24) is 9.47 Å². The van der Waals surface area contributed by atoms with E-state index < -0.39 is 0 Å². The molecular formula is C22H25BrN2O2. The summed E-state index contributed by atoms with van der Waals surface area (Å²) in [7, 11) is 0. The minimum absolute atomic E-state index is 0. The highest BCUT2D eigenvalue weighted by atomic mass is 79.9. The normalized spacial score (nSPS) is 14.8. The van der Waals surface area contributed by atoms with Crippen LogP contribution < -0.4 is 5.56 Å². The standard InChI is InChI=1S/C22H24N2O2.BrH/c25-22-20-10-5-4-9-19(20)21(18-7-2-1-3-8-18)17-24(22)12-6-11-23-13-15-26-16-14-23;/h1-5,7-10,17H,6,11-16H2;1H. The van der Waals surface area contributed by atoms with Crippen molar-refractivity contribution in [3.63, 3.8) is 0 Å². The third kappa shape index (κ3) is 4.49. The molecule has 0 bridgehead atoms. The van der Waals surface area contributed by atoms with Gasteiger partial charge >= 0.3 is 0 Å². The van der Waals surface area contributed by atoms with Gasteiger partial charge < -0.3 is 9.30 Å². The topological polar surface area (TPSA) is 34.5 Å². The van der Waals surface area contributed by atoms with Crippen LogP contribution in [0.15, 0.2) is 65.6 Å². The van der Waals surface area contributed by atoms with Crippen LogP contribution in [0.2, 0.25) is 0 Å². The number of ether oxygens (including phenoxy) is 1. The quantitative estimate of drug-likeness (QED) is 0.616. The van der Waals surface area contributed by atoms with Crippen molar-refractivity contribution >= 4 is 27.8 Å². The molecule has 0 radical (unpaired) electrons. The van der Waals surface area contributed by atoms with E-state index in [0.717, 1.165) is 67.7 Å². The number of rotatable bonds is 5. The van der Waals surface area contributed by atoms with Crippen LogP contribution in [0.5, 0.6) is 0 Å². The zero-order chi connectivity index (χ0) is 17.8. The van der Waals surface area contributed by atoms with Gasteiger partial charge in [0.2, 0.25) is 0 Å². The molecule has 1 aliphatic rings. The smallest absolute Gasteiger partial charge is 0.258 e. The van der Waals surface area contributed by atoms with Crippen LogP contribution >= 0.6 is 17.0 Å². The summed E-state index contributed by atoms with van der Waals surface area (Å²) in [5, 5.41) is 1.81. The predicted octanol–water partition coefficient (Wildman–Crippen LogP) is 3.97.